The molecule has 2 heterocycles. The van der Waals surface area contributed by atoms with Crippen LogP contribution in [0, 0.1) is 5.41 Å². The zero-order valence-electron chi connectivity index (χ0n) is 19.2. The number of allylic oxidation sites excluding steroid dienone is 1. The van der Waals surface area contributed by atoms with Crippen LogP contribution in [0.2, 0.25) is 0 Å². The van der Waals surface area contributed by atoms with E-state index in [1.807, 2.05) is 45.2 Å². The van der Waals surface area contributed by atoms with Crippen LogP contribution in [0.4, 0.5) is 10.2 Å². The first kappa shape index (κ1) is 22.6. The Hall–Kier alpha value is -3.55. The molecule has 3 aromatic rings. The monoisotopic (exact) mass is 449 g/mol. The summed E-state index contributed by atoms with van der Waals surface area (Å²) in [6.07, 6.45) is 7.52. The van der Waals surface area contributed by atoms with E-state index in [9.17, 15) is 5.11 Å². The average Bonchev–Trinajstić information content (AvgIpc) is 2.85. The van der Waals surface area contributed by atoms with Gasteiger partial charge in [0.2, 0.25) is 5.88 Å². The van der Waals surface area contributed by atoms with Crippen LogP contribution < -0.4 is 9.64 Å². The smallest absolute Gasteiger partial charge is 0.213 e. The maximum Gasteiger partial charge on any atom is 0.213 e. The molecule has 33 heavy (non-hydrogen) atoms. The van der Waals surface area contributed by atoms with Gasteiger partial charge in [0.1, 0.15) is 11.9 Å². The Morgan fingerprint density at radius 1 is 1.18 bits per heavy atom. The molecule has 0 spiro atoms. The lowest BCUT2D eigenvalue weighted by Gasteiger charge is -2.41. The van der Waals surface area contributed by atoms with Crippen molar-refractivity contribution >= 4 is 5.82 Å². The highest BCUT2D eigenvalue weighted by molar-refractivity contribution is 5.73. The molecule has 1 aliphatic rings. The van der Waals surface area contributed by atoms with Crippen molar-refractivity contribution in [3.8, 4) is 34.1 Å². The fourth-order valence-corrected chi connectivity index (χ4v) is 4.12. The minimum Gasteiger partial charge on any atom is -0.507 e. The van der Waals surface area contributed by atoms with Crippen molar-refractivity contribution in [2.45, 2.75) is 38.9 Å². The molecule has 3 atom stereocenters. The summed E-state index contributed by atoms with van der Waals surface area (Å²) in [4.78, 5) is 10.3. The molecule has 1 aromatic carbocycles. The zero-order chi connectivity index (χ0) is 23.6. The first-order chi connectivity index (χ1) is 15.9. The van der Waals surface area contributed by atoms with Gasteiger partial charge in [-0.3, -0.25) is 0 Å². The van der Waals surface area contributed by atoms with E-state index in [1.165, 1.54) is 0 Å². The van der Waals surface area contributed by atoms with Crippen LogP contribution in [-0.2, 0) is 0 Å². The molecule has 0 aliphatic heterocycles. The van der Waals surface area contributed by atoms with Gasteiger partial charge in [0.15, 0.2) is 11.6 Å². The largest absolute Gasteiger partial charge is 0.507 e. The van der Waals surface area contributed by atoms with Crippen LogP contribution in [0.25, 0.3) is 22.5 Å². The molecule has 7 nitrogen and oxygen atoms in total. The summed E-state index contributed by atoms with van der Waals surface area (Å²) in [6.45, 7) is 3.94. The summed E-state index contributed by atoms with van der Waals surface area (Å²) in [5.74, 6) is 1.31. The predicted molar refractivity (Wildman–Crippen MR) is 126 cm³/mol. The fraction of sp³-hybridized carbons (Fsp3) is 0.360. The maximum atomic E-state index is 15.2. The van der Waals surface area contributed by atoms with Crippen molar-refractivity contribution < 1.29 is 14.2 Å². The highest BCUT2D eigenvalue weighted by Gasteiger charge is 2.41. The standard InChI is InChI=1S/C25H28FN5O2/c1-5-25(2)11-6-7-19(23(25)26)31(3)21-15-28-24(30-29-21)18-9-8-16(13-20(18)32)17-10-12-27-22(14-17)33-4/h6,8-15,19,23,32H,5,7H2,1-4H3/t19-,23-,25+/m1/s1. The van der Waals surface area contributed by atoms with Crippen molar-refractivity contribution in [3.05, 3.63) is 54.9 Å². The molecule has 8 heteroatoms. The molecular formula is C25H28FN5O2. The number of aromatic nitrogens is 4. The first-order valence-electron chi connectivity index (χ1n) is 10.9. The van der Waals surface area contributed by atoms with Gasteiger partial charge in [-0.25, -0.2) is 14.4 Å². The third-order valence-corrected chi connectivity index (χ3v) is 6.53. The van der Waals surface area contributed by atoms with E-state index >= 15 is 4.39 Å². The number of ether oxygens (including phenoxy) is 1. The number of hydrogen-bond acceptors (Lipinski definition) is 7. The molecule has 0 saturated carbocycles. The molecule has 1 N–H and O–H groups in total. The molecule has 0 fully saturated rings. The Balaban J connectivity index is 1.55. The van der Waals surface area contributed by atoms with Crippen LogP contribution in [0.15, 0.2) is 54.9 Å². The molecule has 172 valence electrons. The highest BCUT2D eigenvalue weighted by Crippen LogP contribution is 2.39. The van der Waals surface area contributed by atoms with Crippen molar-refractivity contribution in [1.82, 2.24) is 20.2 Å². The third-order valence-electron chi connectivity index (χ3n) is 6.53. The fourth-order valence-electron chi connectivity index (χ4n) is 4.12. The Morgan fingerprint density at radius 3 is 2.64 bits per heavy atom. The van der Waals surface area contributed by atoms with Crippen LogP contribution in [0.5, 0.6) is 11.6 Å². The van der Waals surface area contributed by atoms with E-state index in [2.05, 4.69) is 20.2 Å². The van der Waals surface area contributed by atoms with Gasteiger partial charge in [0.05, 0.1) is 24.9 Å². The van der Waals surface area contributed by atoms with Crippen LogP contribution in [0.3, 0.4) is 0 Å². The second-order valence-corrected chi connectivity index (χ2v) is 8.54. The Kier molecular flexibility index (Phi) is 6.26. The quantitative estimate of drug-likeness (QED) is 0.539. The number of nitrogens with zero attached hydrogens (tertiary/aromatic N) is 5. The normalized spacial score (nSPS) is 22.2. The Labute approximate surface area is 193 Å². The molecule has 4 rings (SSSR count). The molecule has 0 amide bonds. The number of pyridine rings is 1. The Bertz CT molecular complexity index is 1150. The SMILES string of the molecule is CC[C@@]1(C)C=CC[C@@H](N(C)c2cnc(-c3ccc(-c4ccnc(OC)c4)cc3O)nn2)[C@H]1F. The number of alkyl halides is 1. The Morgan fingerprint density at radius 2 is 1.97 bits per heavy atom. The van der Waals surface area contributed by atoms with Gasteiger partial charge in [0.25, 0.3) is 0 Å². The number of halogens is 1. The lowest BCUT2D eigenvalue weighted by molar-refractivity contribution is 0.126. The van der Waals surface area contributed by atoms with Crippen molar-refractivity contribution in [2.75, 3.05) is 19.1 Å². The van der Waals surface area contributed by atoms with Gasteiger partial charge in [-0.15, -0.1) is 10.2 Å². The second kappa shape index (κ2) is 9.13. The van der Waals surface area contributed by atoms with Gasteiger partial charge < -0.3 is 14.7 Å². The van der Waals surface area contributed by atoms with E-state index in [1.54, 1.807) is 42.6 Å². The maximum absolute atomic E-state index is 15.2. The molecule has 0 unspecified atom stereocenters. The van der Waals surface area contributed by atoms with E-state index in [4.69, 9.17) is 4.74 Å². The molecular weight excluding hydrogens is 421 g/mol. The number of methoxy groups -OCH3 is 1. The minimum atomic E-state index is -1.03. The van der Waals surface area contributed by atoms with Crippen LogP contribution >= 0.6 is 0 Å². The van der Waals surface area contributed by atoms with Crippen molar-refractivity contribution in [1.29, 1.82) is 0 Å². The average molecular weight is 450 g/mol. The van der Waals surface area contributed by atoms with Crippen LogP contribution in [0.1, 0.15) is 26.7 Å². The summed E-state index contributed by atoms with van der Waals surface area (Å²) in [6, 6.07) is 8.53. The molecule has 0 radical (unpaired) electrons. The molecule has 1 aliphatic carbocycles. The number of aromatic hydroxyl groups is 1. The summed E-state index contributed by atoms with van der Waals surface area (Å²) >= 11 is 0. The van der Waals surface area contributed by atoms with Gasteiger partial charge >= 0.3 is 0 Å². The number of benzene rings is 1. The van der Waals surface area contributed by atoms with Gasteiger partial charge in [-0.2, -0.15) is 0 Å². The van der Waals surface area contributed by atoms with Gasteiger partial charge in [-0.1, -0.05) is 32.1 Å². The third kappa shape index (κ3) is 4.37. The zero-order valence-corrected chi connectivity index (χ0v) is 19.2. The topological polar surface area (TPSA) is 84.3 Å². The number of phenolic OH excluding ortho intramolecular Hbond substituents is 1. The lowest BCUT2D eigenvalue weighted by atomic mass is 9.74. The van der Waals surface area contributed by atoms with Crippen molar-refractivity contribution in [2.24, 2.45) is 5.41 Å². The van der Waals surface area contributed by atoms with E-state index in [-0.39, 0.29) is 11.8 Å². The molecule has 0 bridgehead atoms. The van der Waals surface area contributed by atoms with E-state index in [0.29, 0.717) is 29.5 Å². The van der Waals surface area contributed by atoms with Gasteiger partial charge in [-0.05, 0) is 42.2 Å². The number of hydrogen-bond donors (Lipinski definition) is 1. The molecule has 0 saturated heterocycles. The van der Waals surface area contributed by atoms with Gasteiger partial charge in [0, 0.05) is 24.7 Å². The molecule has 2 aromatic heterocycles. The number of anilines is 1. The van der Waals surface area contributed by atoms with E-state index in [0.717, 1.165) is 17.5 Å². The minimum absolute atomic E-state index is 0.0335. The summed E-state index contributed by atoms with van der Waals surface area (Å²) in [5, 5.41) is 19.1. The van der Waals surface area contributed by atoms with Crippen molar-refractivity contribution in [3.63, 3.8) is 0 Å². The summed E-state index contributed by atoms with van der Waals surface area (Å²) in [5.41, 5.74) is 1.63. The second-order valence-electron chi connectivity index (χ2n) is 8.54. The summed E-state index contributed by atoms with van der Waals surface area (Å²) in [7, 11) is 3.37. The lowest BCUT2D eigenvalue weighted by Crippen LogP contribution is -2.48. The number of rotatable bonds is 6. The van der Waals surface area contributed by atoms with E-state index < -0.39 is 11.6 Å². The van der Waals surface area contributed by atoms with Crippen LogP contribution in [-0.4, -0.2) is 51.6 Å². The highest BCUT2D eigenvalue weighted by atomic mass is 19.1. The predicted octanol–water partition coefficient (Wildman–Crippen LogP) is 4.83. The number of phenols is 1. The summed E-state index contributed by atoms with van der Waals surface area (Å²) < 4.78 is 20.4. The first-order valence-corrected chi connectivity index (χ1v) is 10.9.